The molecule has 128 valence electrons. The van der Waals surface area contributed by atoms with E-state index in [2.05, 4.69) is 10.4 Å². The van der Waals surface area contributed by atoms with Gasteiger partial charge in [-0.1, -0.05) is 18.2 Å². The lowest BCUT2D eigenvalue weighted by Gasteiger charge is -2.24. The van der Waals surface area contributed by atoms with Crippen LogP contribution >= 0.6 is 0 Å². The van der Waals surface area contributed by atoms with Gasteiger partial charge < -0.3 is 15.0 Å². The van der Waals surface area contributed by atoms with Crippen LogP contribution in [0.4, 0.5) is 0 Å². The number of hydrogen-bond donors (Lipinski definition) is 1. The molecule has 7 nitrogen and oxygen atoms in total. The maximum absolute atomic E-state index is 12.2. The number of para-hydroxylation sites is 1. The molecule has 1 aromatic heterocycles. The summed E-state index contributed by atoms with van der Waals surface area (Å²) in [5.74, 6) is -0.239. The number of benzene rings is 1. The van der Waals surface area contributed by atoms with E-state index in [1.54, 1.807) is 44.9 Å². The van der Waals surface area contributed by atoms with Crippen molar-refractivity contribution in [3.8, 4) is 11.6 Å². The first-order chi connectivity index (χ1) is 11.3. The van der Waals surface area contributed by atoms with E-state index in [1.165, 1.54) is 4.90 Å². The summed E-state index contributed by atoms with van der Waals surface area (Å²) in [6.07, 6.45) is 1.76. The van der Waals surface area contributed by atoms with Crippen LogP contribution in [0.1, 0.15) is 13.8 Å². The molecule has 0 bridgehead atoms. The van der Waals surface area contributed by atoms with Crippen LogP contribution in [0.3, 0.4) is 0 Å². The zero-order valence-corrected chi connectivity index (χ0v) is 14.3. The van der Waals surface area contributed by atoms with Crippen LogP contribution in [0.2, 0.25) is 0 Å². The van der Waals surface area contributed by atoms with Crippen molar-refractivity contribution < 1.29 is 14.3 Å². The number of carbonyl (C=O) groups is 2. The molecule has 2 rings (SSSR count). The zero-order chi connectivity index (χ0) is 17.7. The van der Waals surface area contributed by atoms with Crippen molar-refractivity contribution in [2.75, 3.05) is 20.6 Å². The molecule has 1 aromatic carbocycles. The molecule has 0 spiro atoms. The number of likely N-dealkylation sites (N-methyl/N-ethyl adjacent to an activating group) is 1. The molecule has 2 aromatic rings. The summed E-state index contributed by atoms with van der Waals surface area (Å²) in [5.41, 5.74) is -0.256. The first-order valence-corrected chi connectivity index (χ1v) is 7.58. The second-order valence-electron chi connectivity index (χ2n) is 6.02. The fourth-order valence-electron chi connectivity index (χ4n) is 1.92. The highest BCUT2D eigenvalue weighted by atomic mass is 16.5. The largest absolute Gasteiger partial charge is 0.460 e. The number of ether oxygens (including phenoxy) is 1. The Balaban J connectivity index is 2.00. The highest BCUT2D eigenvalue weighted by molar-refractivity contribution is 5.89. The lowest BCUT2D eigenvalue weighted by atomic mass is 10.1. The summed E-state index contributed by atoms with van der Waals surface area (Å²) < 4.78 is 7.36. The van der Waals surface area contributed by atoms with Gasteiger partial charge in [-0.2, -0.15) is 0 Å². The summed E-state index contributed by atoms with van der Waals surface area (Å²) >= 11 is 0. The SMILES string of the molecule is CN(C)C(=O)CNC(=O)C(C)(C)Oc1ccn(-c2ccccc2)n1. The monoisotopic (exact) mass is 330 g/mol. The van der Waals surface area contributed by atoms with Crippen LogP contribution in [0.5, 0.6) is 5.88 Å². The third kappa shape index (κ3) is 4.34. The lowest BCUT2D eigenvalue weighted by Crippen LogP contribution is -2.49. The van der Waals surface area contributed by atoms with Gasteiger partial charge in [0.05, 0.1) is 12.2 Å². The van der Waals surface area contributed by atoms with Crippen molar-refractivity contribution in [3.63, 3.8) is 0 Å². The molecule has 0 aliphatic rings. The minimum absolute atomic E-state index is 0.0723. The Morgan fingerprint density at radius 1 is 1.21 bits per heavy atom. The second-order valence-corrected chi connectivity index (χ2v) is 6.02. The van der Waals surface area contributed by atoms with Gasteiger partial charge in [-0.15, -0.1) is 5.10 Å². The number of nitrogens with zero attached hydrogens (tertiary/aromatic N) is 3. The molecule has 0 atom stereocenters. The van der Waals surface area contributed by atoms with Gasteiger partial charge >= 0.3 is 0 Å². The molecule has 7 heteroatoms. The van der Waals surface area contributed by atoms with Crippen LogP contribution in [0, 0.1) is 0 Å². The Hall–Kier alpha value is -2.83. The van der Waals surface area contributed by atoms with E-state index < -0.39 is 5.60 Å². The zero-order valence-electron chi connectivity index (χ0n) is 14.3. The number of carbonyl (C=O) groups excluding carboxylic acids is 2. The fourth-order valence-corrected chi connectivity index (χ4v) is 1.92. The Morgan fingerprint density at radius 2 is 1.88 bits per heavy atom. The van der Waals surface area contributed by atoms with Crippen molar-refractivity contribution in [3.05, 3.63) is 42.6 Å². The van der Waals surface area contributed by atoms with Crippen molar-refractivity contribution in [1.29, 1.82) is 0 Å². The van der Waals surface area contributed by atoms with E-state index >= 15 is 0 Å². The predicted octanol–water partition coefficient (Wildman–Crippen LogP) is 1.23. The van der Waals surface area contributed by atoms with Gasteiger partial charge in [-0.25, -0.2) is 4.68 Å². The Bertz CT molecular complexity index is 708. The predicted molar refractivity (Wildman–Crippen MR) is 90.0 cm³/mol. The standard InChI is InChI=1S/C17H22N4O3/c1-17(2,16(23)18-12-15(22)20(3)4)24-14-10-11-21(19-14)13-8-6-5-7-9-13/h5-11H,12H2,1-4H3,(H,18,23). The van der Waals surface area contributed by atoms with Gasteiger partial charge in [-0.05, 0) is 26.0 Å². The first-order valence-electron chi connectivity index (χ1n) is 7.58. The van der Waals surface area contributed by atoms with E-state index in [1.807, 2.05) is 30.3 Å². The summed E-state index contributed by atoms with van der Waals surface area (Å²) in [7, 11) is 3.26. The van der Waals surface area contributed by atoms with Crippen molar-refractivity contribution in [2.45, 2.75) is 19.4 Å². The topological polar surface area (TPSA) is 76.5 Å². The summed E-state index contributed by atoms with van der Waals surface area (Å²) in [4.78, 5) is 25.2. The van der Waals surface area contributed by atoms with Crippen LogP contribution in [-0.2, 0) is 9.59 Å². The van der Waals surface area contributed by atoms with Crippen LogP contribution < -0.4 is 10.1 Å². The van der Waals surface area contributed by atoms with Gasteiger partial charge in [-0.3, -0.25) is 9.59 Å². The summed E-state index contributed by atoms with van der Waals surface area (Å²) in [6.45, 7) is 3.19. The molecule has 0 radical (unpaired) electrons. The van der Waals surface area contributed by atoms with Crippen LogP contribution in [0.25, 0.3) is 5.69 Å². The normalized spacial score (nSPS) is 11.0. The molecule has 24 heavy (non-hydrogen) atoms. The minimum Gasteiger partial charge on any atom is -0.460 e. The molecule has 0 aliphatic carbocycles. The molecule has 0 saturated heterocycles. The quantitative estimate of drug-likeness (QED) is 0.864. The van der Waals surface area contributed by atoms with Crippen molar-refractivity contribution in [2.24, 2.45) is 0 Å². The van der Waals surface area contributed by atoms with E-state index in [-0.39, 0.29) is 18.4 Å². The van der Waals surface area contributed by atoms with Gasteiger partial charge in [0, 0.05) is 26.4 Å². The average Bonchev–Trinajstić information content (AvgIpc) is 3.00. The fraction of sp³-hybridized carbons (Fsp3) is 0.353. The smallest absolute Gasteiger partial charge is 0.264 e. The van der Waals surface area contributed by atoms with E-state index in [0.29, 0.717) is 5.88 Å². The van der Waals surface area contributed by atoms with Gasteiger partial charge in [0.15, 0.2) is 5.60 Å². The maximum Gasteiger partial charge on any atom is 0.264 e. The minimum atomic E-state index is -1.15. The first kappa shape index (κ1) is 17.5. The lowest BCUT2D eigenvalue weighted by molar-refractivity contribution is -0.137. The number of hydrogen-bond acceptors (Lipinski definition) is 4. The highest BCUT2D eigenvalue weighted by Gasteiger charge is 2.31. The molecular weight excluding hydrogens is 308 g/mol. The molecule has 0 aliphatic heterocycles. The Morgan fingerprint density at radius 3 is 2.50 bits per heavy atom. The molecule has 0 saturated carbocycles. The van der Waals surface area contributed by atoms with Gasteiger partial charge in [0.2, 0.25) is 11.8 Å². The Kier molecular flexibility index (Phi) is 5.23. The highest BCUT2D eigenvalue weighted by Crippen LogP contribution is 2.18. The molecule has 1 N–H and O–H groups in total. The van der Waals surface area contributed by atoms with Crippen LogP contribution in [0.15, 0.2) is 42.6 Å². The van der Waals surface area contributed by atoms with Gasteiger partial charge in [0.25, 0.3) is 5.91 Å². The van der Waals surface area contributed by atoms with Gasteiger partial charge in [0.1, 0.15) is 0 Å². The van der Waals surface area contributed by atoms with E-state index in [0.717, 1.165) is 5.69 Å². The Labute approximate surface area is 141 Å². The molecule has 1 heterocycles. The molecular formula is C17H22N4O3. The summed E-state index contributed by atoms with van der Waals surface area (Å²) in [6, 6.07) is 11.3. The van der Waals surface area contributed by atoms with Crippen molar-refractivity contribution >= 4 is 11.8 Å². The second kappa shape index (κ2) is 7.16. The number of aromatic nitrogens is 2. The third-order valence-electron chi connectivity index (χ3n) is 3.39. The number of nitrogens with one attached hydrogen (secondary N) is 1. The molecule has 0 unspecified atom stereocenters. The third-order valence-corrected chi connectivity index (χ3v) is 3.39. The molecule has 2 amide bonds. The van der Waals surface area contributed by atoms with E-state index in [9.17, 15) is 9.59 Å². The van der Waals surface area contributed by atoms with Crippen molar-refractivity contribution in [1.82, 2.24) is 20.0 Å². The number of amides is 2. The average molecular weight is 330 g/mol. The number of rotatable bonds is 6. The maximum atomic E-state index is 12.2. The molecule has 0 fully saturated rings. The summed E-state index contributed by atoms with van der Waals surface area (Å²) in [5, 5.41) is 6.88. The van der Waals surface area contributed by atoms with E-state index in [4.69, 9.17) is 4.74 Å². The van der Waals surface area contributed by atoms with Crippen LogP contribution in [-0.4, -0.2) is 52.7 Å².